The summed E-state index contributed by atoms with van der Waals surface area (Å²) in [6, 6.07) is 0.640. The largest absolute Gasteiger partial charge is 0.301 e. The highest BCUT2D eigenvalue weighted by Crippen LogP contribution is 2.31. The lowest BCUT2D eigenvalue weighted by Gasteiger charge is -2.34. The number of likely N-dealkylation sites (tertiary alicyclic amines) is 1. The van der Waals surface area contributed by atoms with Crippen molar-refractivity contribution < 1.29 is 0 Å². The Bertz CT molecular complexity index is 384. The van der Waals surface area contributed by atoms with Gasteiger partial charge < -0.3 is 4.90 Å². The van der Waals surface area contributed by atoms with Gasteiger partial charge in [-0.2, -0.15) is 0 Å². The Kier molecular flexibility index (Phi) is 4.00. The van der Waals surface area contributed by atoms with E-state index in [0.29, 0.717) is 17.1 Å². The van der Waals surface area contributed by atoms with Crippen molar-refractivity contribution in [2.45, 2.75) is 45.6 Å². The summed E-state index contributed by atoms with van der Waals surface area (Å²) in [5.74, 6) is 1.27. The van der Waals surface area contributed by atoms with Crippen LogP contribution in [0.15, 0.2) is 6.20 Å². The molecule has 1 fully saturated rings. The lowest BCUT2D eigenvalue weighted by molar-refractivity contribution is 0.171. The van der Waals surface area contributed by atoms with Gasteiger partial charge in [0.2, 0.25) is 0 Å². The van der Waals surface area contributed by atoms with Gasteiger partial charge in [0, 0.05) is 17.8 Å². The quantitative estimate of drug-likeness (QED) is 0.759. The maximum absolute atomic E-state index is 6.20. The second-order valence-corrected chi connectivity index (χ2v) is 5.43. The average molecular weight is 254 g/mol. The zero-order chi connectivity index (χ0) is 12.4. The van der Waals surface area contributed by atoms with E-state index in [4.69, 9.17) is 11.6 Å². The van der Waals surface area contributed by atoms with Gasteiger partial charge in [0.1, 0.15) is 11.0 Å². The first-order chi connectivity index (χ1) is 8.08. The molecule has 0 unspecified atom stereocenters. The molecule has 1 aliphatic heterocycles. The van der Waals surface area contributed by atoms with Crippen LogP contribution in [0.3, 0.4) is 0 Å². The van der Waals surface area contributed by atoms with Crippen molar-refractivity contribution in [1.29, 1.82) is 0 Å². The first-order valence-electron chi connectivity index (χ1n) is 6.31. The molecule has 17 heavy (non-hydrogen) atoms. The molecule has 0 spiro atoms. The molecule has 0 N–H and O–H groups in total. The number of hydrogen-bond donors (Lipinski definition) is 0. The lowest BCUT2D eigenvalue weighted by atomic mass is 9.91. The summed E-state index contributed by atoms with van der Waals surface area (Å²) < 4.78 is 0. The van der Waals surface area contributed by atoms with Crippen LogP contribution in [0, 0.1) is 6.92 Å². The second-order valence-electron chi connectivity index (χ2n) is 5.07. The molecule has 0 atom stereocenters. The predicted molar refractivity (Wildman–Crippen MR) is 70.5 cm³/mol. The SMILES string of the molecule is Cc1ncc(C2CCN(C(C)C)CC2)c(Cl)n1. The van der Waals surface area contributed by atoms with Crippen LogP contribution in [0.25, 0.3) is 0 Å². The van der Waals surface area contributed by atoms with Gasteiger partial charge in [0.05, 0.1) is 0 Å². The van der Waals surface area contributed by atoms with Crippen LogP contribution < -0.4 is 0 Å². The van der Waals surface area contributed by atoms with Crippen molar-refractivity contribution in [1.82, 2.24) is 14.9 Å². The van der Waals surface area contributed by atoms with Crippen LogP contribution in [0.4, 0.5) is 0 Å². The number of aromatic nitrogens is 2. The Morgan fingerprint density at radius 3 is 2.53 bits per heavy atom. The Balaban J connectivity index is 2.05. The van der Waals surface area contributed by atoms with E-state index in [9.17, 15) is 0 Å². The van der Waals surface area contributed by atoms with Crippen molar-refractivity contribution in [3.63, 3.8) is 0 Å². The molecule has 94 valence electrons. The molecule has 1 aliphatic rings. The van der Waals surface area contributed by atoms with E-state index < -0.39 is 0 Å². The summed E-state index contributed by atoms with van der Waals surface area (Å²) in [6.07, 6.45) is 4.22. The fraction of sp³-hybridized carbons (Fsp3) is 0.692. The molecular formula is C13H20ClN3. The highest BCUT2D eigenvalue weighted by Gasteiger charge is 2.24. The van der Waals surface area contributed by atoms with Crippen LogP contribution in [0.5, 0.6) is 0 Å². The zero-order valence-electron chi connectivity index (χ0n) is 10.8. The van der Waals surface area contributed by atoms with E-state index in [2.05, 4.69) is 28.7 Å². The minimum absolute atomic E-state index is 0.526. The topological polar surface area (TPSA) is 29.0 Å². The molecule has 3 nitrogen and oxygen atoms in total. The van der Waals surface area contributed by atoms with E-state index >= 15 is 0 Å². The first kappa shape index (κ1) is 12.8. The number of piperidine rings is 1. The van der Waals surface area contributed by atoms with Gasteiger partial charge in [0.25, 0.3) is 0 Å². The third-order valence-electron chi connectivity index (χ3n) is 3.59. The van der Waals surface area contributed by atoms with Gasteiger partial charge in [-0.05, 0) is 52.6 Å². The summed E-state index contributed by atoms with van der Waals surface area (Å²) in [5, 5.41) is 0.639. The van der Waals surface area contributed by atoms with Crippen molar-refractivity contribution >= 4 is 11.6 Å². The Morgan fingerprint density at radius 2 is 2.00 bits per heavy atom. The number of aryl methyl sites for hydroxylation is 1. The van der Waals surface area contributed by atoms with Gasteiger partial charge in [-0.1, -0.05) is 11.6 Å². The van der Waals surface area contributed by atoms with Crippen LogP contribution in [-0.2, 0) is 0 Å². The first-order valence-corrected chi connectivity index (χ1v) is 6.69. The molecule has 0 bridgehead atoms. The summed E-state index contributed by atoms with van der Waals surface area (Å²) in [5.41, 5.74) is 1.13. The second kappa shape index (κ2) is 5.32. The molecule has 1 aromatic rings. The third kappa shape index (κ3) is 2.96. The smallest absolute Gasteiger partial charge is 0.136 e. The van der Waals surface area contributed by atoms with Crippen molar-refractivity contribution in [3.05, 3.63) is 22.7 Å². The average Bonchev–Trinajstić information content (AvgIpc) is 2.29. The van der Waals surface area contributed by atoms with Crippen LogP contribution in [0.1, 0.15) is 44.0 Å². The summed E-state index contributed by atoms with van der Waals surface area (Å²) in [7, 11) is 0. The van der Waals surface area contributed by atoms with E-state index in [1.165, 1.54) is 0 Å². The van der Waals surface area contributed by atoms with Gasteiger partial charge in [-0.15, -0.1) is 0 Å². The van der Waals surface area contributed by atoms with Crippen molar-refractivity contribution in [3.8, 4) is 0 Å². The monoisotopic (exact) mass is 253 g/mol. The third-order valence-corrected chi connectivity index (χ3v) is 3.89. The molecule has 4 heteroatoms. The van der Waals surface area contributed by atoms with E-state index in [0.717, 1.165) is 37.3 Å². The highest BCUT2D eigenvalue weighted by molar-refractivity contribution is 6.30. The molecule has 2 rings (SSSR count). The normalized spacial score (nSPS) is 18.9. The maximum Gasteiger partial charge on any atom is 0.136 e. The Labute approximate surface area is 108 Å². The van der Waals surface area contributed by atoms with Gasteiger partial charge in [-0.3, -0.25) is 0 Å². The van der Waals surface area contributed by atoms with Crippen LogP contribution in [-0.4, -0.2) is 34.0 Å². The van der Waals surface area contributed by atoms with E-state index in [1.54, 1.807) is 0 Å². The lowest BCUT2D eigenvalue weighted by Crippen LogP contribution is -2.37. The van der Waals surface area contributed by atoms with Gasteiger partial charge in [0.15, 0.2) is 0 Å². The molecule has 1 aromatic heterocycles. The minimum atomic E-state index is 0.526. The molecule has 1 saturated heterocycles. The van der Waals surface area contributed by atoms with E-state index in [1.807, 2.05) is 13.1 Å². The van der Waals surface area contributed by atoms with Crippen molar-refractivity contribution in [2.75, 3.05) is 13.1 Å². The van der Waals surface area contributed by atoms with Gasteiger partial charge in [-0.25, -0.2) is 9.97 Å². The molecule has 0 aromatic carbocycles. The maximum atomic E-state index is 6.20. The number of nitrogens with zero attached hydrogens (tertiary/aromatic N) is 3. The van der Waals surface area contributed by atoms with Crippen LogP contribution >= 0.6 is 11.6 Å². The summed E-state index contributed by atoms with van der Waals surface area (Å²) >= 11 is 6.20. The van der Waals surface area contributed by atoms with Gasteiger partial charge >= 0.3 is 0 Å². The van der Waals surface area contributed by atoms with Crippen molar-refractivity contribution in [2.24, 2.45) is 0 Å². The Morgan fingerprint density at radius 1 is 1.35 bits per heavy atom. The molecule has 2 heterocycles. The predicted octanol–water partition coefficient (Wildman–Crippen LogP) is 3.03. The van der Waals surface area contributed by atoms with Crippen LogP contribution in [0.2, 0.25) is 5.15 Å². The molecule has 0 radical (unpaired) electrons. The van der Waals surface area contributed by atoms with E-state index in [-0.39, 0.29) is 0 Å². The minimum Gasteiger partial charge on any atom is -0.301 e. The Hall–Kier alpha value is -0.670. The molecule has 0 saturated carbocycles. The fourth-order valence-electron chi connectivity index (χ4n) is 2.45. The fourth-order valence-corrected chi connectivity index (χ4v) is 2.78. The summed E-state index contributed by atoms with van der Waals surface area (Å²) in [6.45, 7) is 8.67. The highest BCUT2D eigenvalue weighted by atomic mass is 35.5. The molecule has 0 aliphatic carbocycles. The molecular weight excluding hydrogens is 234 g/mol. The number of rotatable bonds is 2. The number of halogens is 1. The molecule has 0 amide bonds. The number of hydrogen-bond acceptors (Lipinski definition) is 3. The standard InChI is InChI=1S/C13H20ClN3/c1-9(2)17-6-4-11(5-7-17)12-8-15-10(3)16-13(12)14/h8-9,11H,4-7H2,1-3H3. The summed E-state index contributed by atoms with van der Waals surface area (Å²) in [4.78, 5) is 11.0. The zero-order valence-corrected chi connectivity index (χ0v) is 11.5.